The van der Waals surface area contributed by atoms with Crippen molar-refractivity contribution in [2.45, 2.75) is 45.1 Å². The van der Waals surface area contributed by atoms with E-state index >= 15 is 0 Å². The van der Waals surface area contributed by atoms with Crippen LogP contribution in [0.15, 0.2) is 0 Å². The molecule has 1 aliphatic heterocycles. The van der Waals surface area contributed by atoms with Crippen LogP contribution in [-0.4, -0.2) is 47.7 Å². The summed E-state index contributed by atoms with van der Waals surface area (Å²) in [6, 6.07) is 0.0767. The summed E-state index contributed by atoms with van der Waals surface area (Å²) in [5, 5.41) is 8.68. The highest BCUT2D eigenvalue weighted by Crippen LogP contribution is 2.21. The highest BCUT2D eigenvalue weighted by Gasteiger charge is 2.26. The van der Waals surface area contributed by atoms with Gasteiger partial charge >= 0.3 is 5.97 Å². The lowest BCUT2D eigenvalue weighted by Crippen LogP contribution is -2.45. The Balaban J connectivity index is 2.46. The van der Waals surface area contributed by atoms with Crippen LogP contribution in [0.4, 0.5) is 0 Å². The lowest BCUT2D eigenvalue weighted by Gasteiger charge is -2.35. The molecule has 0 aromatic rings. The molecule has 0 saturated carbocycles. The zero-order valence-electron chi connectivity index (χ0n) is 10.4. The molecule has 0 aliphatic carbocycles. The number of ether oxygens (including phenoxy) is 1. The third-order valence-electron chi connectivity index (χ3n) is 3.07. The number of carbonyl (C=O) groups is 2. The first-order valence-electron chi connectivity index (χ1n) is 6.24. The van der Waals surface area contributed by atoms with Crippen LogP contribution in [0, 0.1) is 0 Å². The third kappa shape index (κ3) is 4.73. The predicted molar refractivity (Wildman–Crippen MR) is 62.7 cm³/mol. The lowest BCUT2D eigenvalue weighted by atomic mass is 9.98. The average Bonchev–Trinajstić information content (AvgIpc) is 2.33. The zero-order chi connectivity index (χ0) is 12.7. The predicted octanol–water partition coefficient (Wildman–Crippen LogP) is 1.27. The number of hydrogen-bond acceptors (Lipinski definition) is 3. The summed E-state index contributed by atoms with van der Waals surface area (Å²) in [6.07, 6.45) is 3.66. The van der Waals surface area contributed by atoms with Gasteiger partial charge in [0.1, 0.15) is 6.61 Å². The molecule has 1 amide bonds. The normalized spacial score (nSPS) is 20.3. The summed E-state index contributed by atoms with van der Waals surface area (Å²) in [6.45, 7) is 3.22. The monoisotopic (exact) mass is 243 g/mol. The fourth-order valence-corrected chi connectivity index (χ4v) is 2.19. The molecule has 98 valence electrons. The number of amides is 1. The Bertz CT molecular complexity index is 267. The molecule has 1 aliphatic rings. The van der Waals surface area contributed by atoms with Gasteiger partial charge in [-0.1, -0.05) is 0 Å². The Hall–Kier alpha value is -1.10. The highest BCUT2D eigenvalue weighted by molar-refractivity contribution is 5.78. The number of carboxylic acid groups (broad SMARTS) is 1. The standard InChI is InChI=1S/C12H21NO4/c1-2-17-9-11(14)13-8-4-3-5-10(13)6-7-12(15)16/h10H,2-9H2,1H3,(H,15,16). The Morgan fingerprint density at radius 1 is 1.41 bits per heavy atom. The average molecular weight is 243 g/mol. The maximum atomic E-state index is 11.9. The molecule has 0 aromatic carbocycles. The van der Waals surface area contributed by atoms with Crippen molar-refractivity contribution in [1.29, 1.82) is 0 Å². The van der Waals surface area contributed by atoms with Gasteiger partial charge in [0.25, 0.3) is 0 Å². The summed E-state index contributed by atoms with van der Waals surface area (Å²) in [5.41, 5.74) is 0. The van der Waals surface area contributed by atoms with Gasteiger partial charge in [0.15, 0.2) is 0 Å². The number of hydrogen-bond donors (Lipinski definition) is 1. The molecular formula is C12H21NO4. The first-order valence-corrected chi connectivity index (χ1v) is 6.24. The summed E-state index contributed by atoms with van der Waals surface area (Å²) in [7, 11) is 0. The van der Waals surface area contributed by atoms with E-state index in [1.807, 2.05) is 6.92 Å². The maximum absolute atomic E-state index is 11.9. The molecule has 1 atom stereocenters. The van der Waals surface area contributed by atoms with Crippen molar-refractivity contribution in [3.63, 3.8) is 0 Å². The number of carbonyl (C=O) groups excluding carboxylic acids is 1. The van der Waals surface area contributed by atoms with Crippen molar-refractivity contribution in [2.24, 2.45) is 0 Å². The van der Waals surface area contributed by atoms with Crippen molar-refractivity contribution in [3.05, 3.63) is 0 Å². The molecule has 1 fully saturated rings. The van der Waals surface area contributed by atoms with Crippen molar-refractivity contribution in [3.8, 4) is 0 Å². The van der Waals surface area contributed by atoms with Gasteiger partial charge in [-0.15, -0.1) is 0 Å². The summed E-state index contributed by atoms with van der Waals surface area (Å²) in [4.78, 5) is 24.2. The van der Waals surface area contributed by atoms with Gasteiger partial charge in [-0.05, 0) is 32.6 Å². The molecule has 0 aromatic heterocycles. The minimum atomic E-state index is -0.798. The highest BCUT2D eigenvalue weighted by atomic mass is 16.5. The van der Waals surface area contributed by atoms with Crippen LogP contribution in [-0.2, 0) is 14.3 Å². The molecule has 17 heavy (non-hydrogen) atoms. The molecule has 1 unspecified atom stereocenters. The SMILES string of the molecule is CCOCC(=O)N1CCCCC1CCC(=O)O. The summed E-state index contributed by atoms with van der Waals surface area (Å²) in [5.74, 6) is -0.810. The van der Waals surface area contributed by atoms with E-state index < -0.39 is 5.97 Å². The fourth-order valence-electron chi connectivity index (χ4n) is 2.19. The van der Waals surface area contributed by atoms with Gasteiger partial charge in [-0.3, -0.25) is 9.59 Å². The molecule has 1 N–H and O–H groups in total. The van der Waals surface area contributed by atoms with Gasteiger partial charge in [0.2, 0.25) is 5.91 Å². The number of rotatable bonds is 6. The van der Waals surface area contributed by atoms with Crippen molar-refractivity contribution in [2.75, 3.05) is 19.8 Å². The Labute approximate surface area is 102 Å². The lowest BCUT2D eigenvalue weighted by molar-refractivity contribution is -0.142. The van der Waals surface area contributed by atoms with Crippen LogP contribution >= 0.6 is 0 Å². The smallest absolute Gasteiger partial charge is 0.303 e. The van der Waals surface area contributed by atoms with Gasteiger partial charge < -0.3 is 14.7 Å². The molecule has 5 heteroatoms. The second-order valence-corrected chi connectivity index (χ2v) is 4.31. The van der Waals surface area contributed by atoms with Crippen molar-refractivity contribution >= 4 is 11.9 Å². The van der Waals surface area contributed by atoms with Crippen LogP contribution in [0.5, 0.6) is 0 Å². The molecule has 0 bridgehead atoms. The van der Waals surface area contributed by atoms with E-state index in [1.54, 1.807) is 4.90 Å². The van der Waals surface area contributed by atoms with Crippen LogP contribution in [0.1, 0.15) is 39.0 Å². The van der Waals surface area contributed by atoms with E-state index in [1.165, 1.54) is 0 Å². The first-order chi connectivity index (χ1) is 8.15. The molecule has 5 nitrogen and oxygen atoms in total. The van der Waals surface area contributed by atoms with Gasteiger partial charge in [-0.2, -0.15) is 0 Å². The van der Waals surface area contributed by atoms with E-state index in [4.69, 9.17) is 9.84 Å². The summed E-state index contributed by atoms with van der Waals surface area (Å²) >= 11 is 0. The molecule has 0 radical (unpaired) electrons. The fraction of sp³-hybridized carbons (Fsp3) is 0.833. The van der Waals surface area contributed by atoms with E-state index in [-0.39, 0.29) is 25.0 Å². The topological polar surface area (TPSA) is 66.8 Å². The maximum Gasteiger partial charge on any atom is 0.303 e. The molecule has 1 rings (SSSR count). The number of carboxylic acids is 1. The quantitative estimate of drug-likeness (QED) is 0.763. The number of aliphatic carboxylic acids is 1. The Morgan fingerprint density at radius 3 is 2.82 bits per heavy atom. The Kier molecular flexibility index (Phi) is 5.97. The minimum absolute atomic E-state index is 0.0121. The summed E-state index contributed by atoms with van der Waals surface area (Å²) < 4.78 is 5.11. The second-order valence-electron chi connectivity index (χ2n) is 4.31. The zero-order valence-corrected chi connectivity index (χ0v) is 10.4. The van der Waals surface area contributed by atoms with E-state index in [0.29, 0.717) is 13.0 Å². The van der Waals surface area contributed by atoms with E-state index in [0.717, 1.165) is 25.8 Å². The van der Waals surface area contributed by atoms with Gasteiger partial charge in [0.05, 0.1) is 0 Å². The largest absolute Gasteiger partial charge is 0.481 e. The number of piperidine rings is 1. The molecule has 0 spiro atoms. The first kappa shape index (κ1) is 14.0. The minimum Gasteiger partial charge on any atom is -0.481 e. The second kappa shape index (κ2) is 7.27. The van der Waals surface area contributed by atoms with E-state index in [9.17, 15) is 9.59 Å². The van der Waals surface area contributed by atoms with Crippen LogP contribution in [0.2, 0.25) is 0 Å². The van der Waals surface area contributed by atoms with Gasteiger partial charge in [-0.25, -0.2) is 0 Å². The molecule has 1 saturated heterocycles. The van der Waals surface area contributed by atoms with Crippen LogP contribution in [0.3, 0.4) is 0 Å². The Morgan fingerprint density at radius 2 is 2.18 bits per heavy atom. The van der Waals surface area contributed by atoms with Crippen LogP contribution in [0.25, 0.3) is 0 Å². The van der Waals surface area contributed by atoms with Crippen molar-refractivity contribution < 1.29 is 19.4 Å². The molecular weight excluding hydrogens is 222 g/mol. The van der Waals surface area contributed by atoms with Crippen molar-refractivity contribution in [1.82, 2.24) is 4.90 Å². The van der Waals surface area contributed by atoms with E-state index in [2.05, 4.69) is 0 Å². The number of likely N-dealkylation sites (tertiary alicyclic amines) is 1. The van der Waals surface area contributed by atoms with Gasteiger partial charge in [0, 0.05) is 25.6 Å². The number of nitrogens with zero attached hydrogens (tertiary/aromatic N) is 1. The van der Waals surface area contributed by atoms with Crippen LogP contribution < -0.4 is 0 Å². The third-order valence-corrected chi connectivity index (χ3v) is 3.07. The molecule has 1 heterocycles.